The molecule has 0 bridgehead atoms. The van der Waals surface area contributed by atoms with Crippen LogP contribution in [0, 0.1) is 17.3 Å². The first-order valence-electron chi connectivity index (χ1n) is 15.4. The standard InChI is InChI=1S/C40H48/c1-25-24-40(27-14-12-11-13-15-27,35-23-29(22-32(25)35)38(5,6)7)36-33-21-26-20-28(37(2,3)4)16-17-30(26)31(33)18-19-34(36)39(8,9)10/h11-20,22-23,25,35H,21,24H2,1-10H3. The fourth-order valence-electron chi connectivity index (χ4n) is 7.98. The summed E-state index contributed by atoms with van der Waals surface area (Å²) < 4.78 is 0. The smallest absolute Gasteiger partial charge is 0.0314 e. The third kappa shape index (κ3) is 4.08. The molecular weight excluding hydrogens is 480 g/mol. The Morgan fingerprint density at radius 1 is 0.725 bits per heavy atom. The van der Waals surface area contributed by atoms with E-state index in [1.807, 2.05) is 0 Å². The average Bonchev–Trinajstić information content (AvgIpc) is 3.54. The van der Waals surface area contributed by atoms with Crippen molar-refractivity contribution in [3.63, 3.8) is 0 Å². The third-order valence-corrected chi connectivity index (χ3v) is 10.1. The first-order chi connectivity index (χ1) is 18.6. The predicted molar refractivity (Wildman–Crippen MR) is 172 cm³/mol. The zero-order chi connectivity index (χ0) is 28.8. The van der Waals surface area contributed by atoms with Gasteiger partial charge in [-0.3, -0.25) is 0 Å². The Labute approximate surface area is 243 Å². The van der Waals surface area contributed by atoms with E-state index >= 15 is 0 Å². The van der Waals surface area contributed by atoms with Crippen molar-refractivity contribution >= 4 is 0 Å². The highest BCUT2D eigenvalue weighted by atomic mass is 14.6. The number of hydrogen-bond acceptors (Lipinski definition) is 0. The minimum atomic E-state index is -0.0810. The van der Waals surface area contributed by atoms with Gasteiger partial charge in [0.1, 0.15) is 0 Å². The Morgan fingerprint density at radius 2 is 1.40 bits per heavy atom. The largest absolute Gasteiger partial charge is 0.0723 e. The van der Waals surface area contributed by atoms with E-state index < -0.39 is 0 Å². The number of allylic oxidation sites excluding steroid dienone is 4. The van der Waals surface area contributed by atoms with E-state index in [1.165, 1.54) is 39.0 Å². The van der Waals surface area contributed by atoms with Gasteiger partial charge in [-0.15, -0.1) is 0 Å². The Bertz CT molecular complexity index is 1540. The molecule has 3 aliphatic rings. The van der Waals surface area contributed by atoms with Crippen LogP contribution in [-0.4, -0.2) is 0 Å². The molecule has 0 saturated heterocycles. The summed E-state index contributed by atoms with van der Waals surface area (Å²) in [6.07, 6.45) is 7.42. The minimum Gasteiger partial charge on any atom is -0.0723 e. The Kier molecular flexibility index (Phi) is 6.02. The number of rotatable bonds is 2. The maximum absolute atomic E-state index is 2.66. The van der Waals surface area contributed by atoms with E-state index in [0.717, 1.165) is 12.8 Å². The summed E-state index contributed by atoms with van der Waals surface area (Å²) in [4.78, 5) is 0. The van der Waals surface area contributed by atoms with Crippen LogP contribution in [0.5, 0.6) is 0 Å². The molecule has 0 amide bonds. The molecule has 0 spiro atoms. The molecule has 0 heteroatoms. The summed E-state index contributed by atoms with van der Waals surface area (Å²) in [5.41, 5.74) is 15.4. The first-order valence-corrected chi connectivity index (χ1v) is 15.4. The van der Waals surface area contributed by atoms with E-state index in [2.05, 4.69) is 142 Å². The lowest BCUT2D eigenvalue weighted by atomic mass is 9.61. The van der Waals surface area contributed by atoms with Crippen LogP contribution in [-0.2, 0) is 22.7 Å². The average molecular weight is 529 g/mol. The van der Waals surface area contributed by atoms with E-state index in [-0.39, 0.29) is 21.7 Å². The van der Waals surface area contributed by atoms with E-state index in [0.29, 0.717) is 11.8 Å². The molecule has 0 N–H and O–H groups in total. The maximum Gasteiger partial charge on any atom is 0.0314 e. The molecule has 40 heavy (non-hydrogen) atoms. The van der Waals surface area contributed by atoms with Gasteiger partial charge in [-0.05, 0) is 85.1 Å². The molecule has 0 nitrogen and oxygen atoms in total. The normalized spacial score (nSPS) is 23.9. The van der Waals surface area contributed by atoms with Crippen LogP contribution in [0.2, 0.25) is 0 Å². The van der Waals surface area contributed by atoms with Gasteiger partial charge < -0.3 is 0 Å². The first kappa shape index (κ1) is 27.3. The van der Waals surface area contributed by atoms with Crippen molar-refractivity contribution in [2.75, 3.05) is 0 Å². The lowest BCUT2D eigenvalue weighted by molar-refractivity contribution is 0.427. The van der Waals surface area contributed by atoms with Crippen LogP contribution in [0.1, 0.15) is 109 Å². The number of hydrogen-bond donors (Lipinski definition) is 0. The molecule has 6 rings (SSSR count). The molecule has 3 atom stereocenters. The van der Waals surface area contributed by atoms with Gasteiger partial charge in [-0.2, -0.15) is 0 Å². The molecule has 208 valence electrons. The van der Waals surface area contributed by atoms with Crippen LogP contribution in [0.25, 0.3) is 11.1 Å². The highest BCUT2D eigenvalue weighted by Gasteiger charge is 2.54. The second kappa shape index (κ2) is 8.82. The zero-order valence-corrected chi connectivity index (χ0v) is 26.5. The second-order valence-corrected chi connectivity index (χ2v) is 16.0. The van der Waals surface area contributed by atoms with Crippen molar-refractivity contribution in [2.24, 2.45) is 17.3 Å². The summed E-state index contributed by atoms with van der Waals surface area (Å²) in [6, 6.07) is 23.8. The molecule has 3 unspecified atom stereocenters. The van der Waals surface area contributed by atoms with E-state index in [9.17, 15) is 0 Å². The van der Waals surface area contributed by atoms with Crippen molar-refractivity contribution < 1.29 is 0 Å². The molecule has 1 fully saturated rings. The molecule has 0 aromatic heterocycles. The summed E-state index contributed by atoms with van der Waals surface area (Å²) in [5, 5.41) is 0. The van der Waals surface area contributed by atoms with E-state index in [1.54, 1.807) is 16.7 Å². The predicted octanol–water partition coefficient (Wildman–Crippen LogP) is 10.7. The lowest BCUT2D eigenvalue weighted by Crippen LogP contribution is -2.36. The zero-order valence-electron chi connectivity index (χ0n) is 26.5. The highest BCUT2D eigenvalue weighted by molar-refractivity contribution is 5.81. The van der Waals surface area contributed by atoms with Crippen molar-refractivity contribution in [3.05, 3.63) is 117 Å². The van der Waals surface area contributed by atoms with Gasteiger partial charge >= 0.3 is 0 Å². The van der Waals surface area contributed by atoms with Gasteiger partial charge in [0.25, 0.3) is 0 Å². The maximum atomic E-state index is 2.66. The van der Waals surface area contributed by atoms with Gasteiger partial charge in [0.05, 0.1) is 0 Å². The molecule has 0 aliphatic heterocycles. The van der Waals surface area contributed by atoms with Crippen molar-refractivity contribution in [2.45, 2.75) is 98.3 Å². The van der Waals surface area contributed by atoms with Crippen LogP contribution >= 0.6 is 0 Å². The van der Waals surface area contributed by atoms with Gasteiger partial charge in [0.15, 0.2) is 0 Å². The fourth-order valence-corrected chi connectivity index (χ4v) is 7.98. The van der Waals surface area contributed by atoms with Gasteiger partial charge in [-0.1, -0.05) is 148 Å². The highest BCUT2D eigenvalue weighted by Crippen LogP contribution is 2.62. The summed E-state index contributed by atoms with van der Waals surface area (Å²) in [7, 11) is 0. The molecule has 3 aromatic carbocycles. The molecule has 3 aliphatic carbocycles. The quantitative estimate of drug-likeness (QED) is 0.243. The van der Waals surface area contributed by atoms with Gasteiger partial charge in [0, 0.05) is 11.3 Å². The van der Waals surface area contributed by atoms with Crippen LogP contribution in [0.3, 0.4) is 0 Å². The molecule has 3 aromatic rings. The fraction of sp³-hybridized carbons (Fsp3) is 0.450. The number of benzene rings is 3. The molecular formula is C40H48. The third-order valence-electron chi connectivity index (χ3n) is 10.1. The van der Waals surface area contributed by atoms with E-state index in [4.69, 9.17) is 0 Å². The monoisotopic (exact) mass is 528 g/mol. The van der Waals surface area contributed by atoms with Crippen LogP contribution in [0.15, 0.2) is 84.0 Å². The van der Waals surface area contributed by atoms with Gasteiger partial charge in [-0.25, -0.2) is 0 Å². The number of fused-ring (bicyclic) bond motifs is 4. The molecule has 0 radical (unpaired) electrons. The Morgan fingerprint density at radius 3 is 2.02 bits per heavy atom. The topological polar surface area (TPSA) is 0 Å². The molecule has 1 saturated carbocycles. The van der Waals surface area contributed by atoms with Crippen molar-refractivity contribution in [1.29, 1.82) is 0 Å². The van der Waals surface area contributed by atoms with Crippen molar-refractivity contribution in [3.8, 4) is 11.1 Å². The van der Waals surface area contributed by atoms with Crippen molar-refractivity contribution in [1.82, 2.24) is 0 Å². The van der Waals surface area contributed by atoms with Crippen LogP contribution < -0.4 is 0 Å². The summed E-state index contributed by atoms with van der Waals surface area (Å²) in [6.45, 7) is 23.8. The lowest BCUT2D eigenvalue weighted by Gasteiger charge is -2.41. The Hall–Kier alpha value is -2.86. The molecule has 0 heterocycles. The second-order valence-electron chi connectivity index (χ2n) is 16.0. The minimum absolute atomic E-state index is 0.0440. The Balaban J connectivity index is 1.67. The van der Waals surface area contributed by atoms with Gasteiger partial charge in [0.2, 0.25) is 0 Å². The SMILES string of the molecule is CC1CC(c2ccccc2)(c2c(C(C)(C)C)ccc3c2Cc2cc(C(C)(C)C)ccc2-3)C2C=C(C(C)(C)C)C=C12. The summed E-state index contributed by atoms with van der Waals surface area (Å²) in [5.74, 6) is 0.932. The summed E-state index contributed by atoms with van der Waals surface area (Å²) >= 11 is 0. The van der Waals surface area contributed by atoms with Crippen LogP contribution in [0.4, 0.5) is 0 Å².